The molecule has 0 radical (unpaired) electrons. The van der Waals surface area contributed by atoms with Crippen LogP contribution in [-0.2, 0) is 31.9 Å². The number of carbonyl (C=O) groups is 2. The molecule has 0 spiro atoms. The van der Waals surface area contributed by atoms with Gasteiger partial charge in [0.25, 0.3) is 0 Å². The second kappa shape index (κ2) is 22.6. The fourth-order valence-corrected chi connectivity index (χ4v) is 7.26. The molecule has 0 amide bonds. The number of carbonyl (C=O) groups excluding carboxylic acids is 2. The van der Waals surface area contributed by atoms with Crippen LogP contribution < -0.4 is 0 Å². The van der Waals surface area contributed by atoms with E-state index in [1.807, 2.05) is 0 Å². The van der Waals surface area contributed by atoms with Gasteiger partial charge in [0, 0.05) is 0 Å². The van der Waals surface area contributed by atoms with Crippen LogP contribution >= 0.6 is 0 Å². The lowest BCUT2D eigenvalue weighted by atomic mass is 9.83. The van der Waals surface area contributed by atoms with Crippen molar-refractivity contribution in [1.29, 1.82) is 0 Å². The molecule has 0 saturated heterocycles. The van der Waals surface area contributed by atoms with Crippen LogP contribution in [0.3, 0.4) is 0 Å². The average molecular weight is 647 g/mol. The van der Waals surface area contributed by atoms with Crippen LogP contribution in [0.2, 0.25) is 0 Å². The van der Waals surface area contributed by atoms with E-state index in [-0.39, 0.29) is 12.2 Å². The second-order valence-electron chi connectivity index (χ2n) is 14.4. The van der Waals surface area contributed by atoms with Crippen LogP contribution in [0.15, 0.2) is 24.3 Å². The van der Waals surface area contributed by atoms with Gasteiger partial charge in [-0.05, 0) is 126 Å². The van der Waals surface area contributed by atoms with E-state index in [1.54, 1.807) is 0 Å². The maximum atomic E-state index is 14.2. The van der Waals surface area contributed by atoms with E-state index in [1.165, 1.54) is 24.0 Å². The van der Waals surface area contributed by atoms with Crippen LogP contribution in [0.1, 0.15) is 166 Å². The zero-order valence-electron chi connectivity index (χ0n) is 29.1. The van der Waals surface area contributed by atoms with Gasteiger partial charge in [-0.3, -0.25) is 0 Å². The van der Waals surface area contributed by atoms with Crippen molar-refractivity contribution in [3.63, 3.8) is 0 Å². The number of benzene rings is 1. The van der Waals surface area contributed by atoms with Crippen LogP contribution in [0, 0.1) is 11.8 Å². The molecule has 0 aromatic heterocycles. The van der Waals surface area contributed by atoms with E-state index in [4.69, 9.17) is 9.47 Å². The molecular weight excluding hydrogens is 582 g/mol. The van der Waals surface area contributed by atoms with E-state index < -0.39 is 24.3 Å². The third-order valence-electron chi connectivity index (χ3n) is 10.5. The van der Waals surface area contributed by atoms with Crippen molar-refractivity contribution in [3.8, 4) is 0 Å². The summed E-state index contributed by atoms with van der Waals surface area (Å²) < 4.78 is 39.5. The Morgan fingerprint density at radius 1 is 0.587 bits per heavy atom. The number of hydrogen-bond donors (Lipinski definition) is 0. The first-order valence-corrected chi connectivity index (χ1v) is 19.1. The molecule has 1 aromatic carbocycles. The van der Waals surface area contributed by atoms with Gasteiger partial charge in [0.15, 0.2) is 12.3 Å². The van der Waals surface area contributed by atoms with Gasteiger partial charge >= 0.3 is 11.9 Å². The summed E-state index contributed by atoms with van der Waals surface area (Å²) in [6.07, 6.45) is 19.7. The molecule has 0 aliphatic heterocycles. The molecule has 46 heavy (non-hydrogen) atoms. The first-order chi connectivity index (χ1) is 22.4. The number of esters is 2. The number of ether oxygens (including phenoxy) is 2. The van der Waals surface area contributed by atoms with Crippen molar-refractivity contribution in [3.05, 3.63) is 35.4 Å². The summed E-state index contributed by atoms with van der Waals surface area (Å²) in [5.74, 6) is -0.0321. The van der Waals surface area contributed by atoms with Gasteiger partial charge in [0.2, 0.25) is 0 Å². The topological polar surface area (TPSA) is 52.6 Å². The molecular formula is C40H64F2O4. The number of rotatable bonds is 22. The number of aryl methyl sites for hydroxylation is 2. The number of halogens is 2. The predicted molar refractivity (Wildman–Crippen MR) is 183 cm³/mol. The van der Waals surface area contributed by atoms with Gasteiger partial charge in [-0.1, -0.05) is 89.5 Å². The molecule has 0 heterocycles. The highest BCUT2D eigenvalue weighted by molar-refractivity contribution is 5.75. The monoisotopic (exact) mass is 646 g/mol. The molecule has 2 atom stereocenters. The Bertz CT molecular complexity index is 873. The van der Waals surface area contributed by atoms with Gasteiger partial charge in [0.1, 0.15) is 12.2 Å². The molecule has 2 saturated carbocycles. The molecule has 1 aromatic rings. The number of unbranched alkanes of at least 4 members (excludes halogenated alkanes) is 8. The minimum Gasteiger partial charge on any atom is -0.460 e. The first kappa shape index (κ1) is 38.5. The van der Waals surface area contributed by atoms with Crippen LogP contribution in [-0.4, -0.2) is 36.5 Å². The molecule has 6 heteroatoms. The minimum atomic E-state index is -1.47. The normalized spacial score (nSPS) is 23.0. The molecule has 262 valence electrons. The van der Waals surface area contributed by atoms with E-state index in [0.717, 1.165) is 128 Å². The smallest absolute Gasteiger partial charge is 0.340 e. The highest BCUT2D eigenvalue weighted by Gasteiger charge is 2.28. The predicted octanol–water partition coefficient (Wildman–Crippen LogP) is 11.2. The summed E-state index contributed by atoms with van der Waals surface area (Å²) in [5.41, 5.74) is 2.73. The van der Waals surface area contributed by atoms with Gasteiger partial charge < -0.3 is 9.47 Å². The highest BCUT2D eigenvalue weighted by atomic mass is 19.1. The van der Waals surface area contributed by atoms with E-state index in [0.29, 0.717) is 24.7 Å². The SMILES string of the molecule is CCCCCCCC(F)C(=O)OC1CCC(CCc2ccc(CCC3CCC(OC(=O)C(F)CCCCCCC)CC3)cc2)CC1. The first-order valence-electron chi connectivity index (χ1n) is 19.1. The van der Waals surface area contributed by atoms with Crippen molar-refractivity contribution >= 4 is 11.9 Å². The van der Waals surface area contributed by atoms with Gasteiger partial charge in [-0.2, -0.15) is 0 Å². The molecule has 2 unspecified atom stereocenters. The quantitative estimate of drug-likeness (QED) is 0.0929. The largest absolute Gasteiger partial charge is 0.460 e. The number of hydrogen-bond acceptors (Lipinski definition) is 4. The van der Waals surface area contributed by atoms with Crippen molar-refractivity contribution in [2.75, 3.05) is 0 Å². The van der Waals surface area contributed by atoms with Gasteiger partial charge in [-0.15, -0.1) is 0 Å². The zero-order valence-corrected chi connectivity index (χ0v) is 29.1. The Hall–Kier alpha value is -1.98. The van der Waals surface area contributed by atoms with Gasteiger partial charge in [0.05, 0.1) is 0 Å². The fraction of sp³-hybridized carbons (Fsp3) is 0.800. The van der Waals surface area contributed by atoms with Crippen molar-refractivity contribution in [2.45, 2.75) is 192 Å². The third-order valence-corrected chi connectivity index (χ3v) is 10.5. The van der Waals surface area contributed by atoms with Crippen molar-refractivity contribution in [1.82, 2.24) is 0 Å². The summed E-state index contributed by atoms with van der Waals surface area (Å²) in [7, 11) is 0. The standard InChI is InChI=1S/C40H64F2O4/c1-3-5-7-9-11-13-37(41)39(43)45-35-27-23-33(24-28-35)21-19-31-15-17-32(18-16-31)20-22-34-25-29-36(30-26-34)46-40(44)38(42)14-12-10-8-6-4-2/h15-18,33-38H,3-14,19-30H2,1-2H3. The highest BCUT2D eigenvalue weighted by Crippen LogP contribution is 2.32. The van der Waals surface area contributed by atoms with E-state index in [9.17, 15) is 18.4 Å². The van der Waals surface area contributed by atoms with Gasteiger partial charge in [-0.25, -0.2) is 18.4 Å². The fourth-order valence-electron chi connectivity index (χ4n) is 7.26. The molecule has 2 aliphatic carbocycles. The zero-order chi connectivity index (χ0) is 33.0. The lowest BCUT2D eigenvalue weighted by molar-refractivity contribution is -0.158. The van der Waals surface area contributed by atoms with E-state index >= 15 is 0 Å². The summed E-state index contributed by atoms with van der Waals surface area (Å²) >= 11 is 0. The van der Waals surface area contributed by atoms with Crippen LogP contribution in [0.25, 0.3) is 0 Å². The average Bonchev–Trinajstić information content (AvgIpc) is 3.07. The maximum absolute atomic E-state index is 14.2. The maximum Gasteiger partial charge on any atom is 0.340 e. The van der Waals surface area contributed by atoms with Crippen LogP contribution in [0.4, 0.5) is 8.78 Å². The van der Waals surface area contributed by atoms with Crippen molar-refractivity contribution in [2.24, 2.45) is 11.8 Å². The lowest BCUT2D eigenvalue weighted by Crippen LogP contribution is -2.29. The minimum absolute atomic E-state index is 0.121. The third kappa shape index (κ3) is 15.3. The summed E-state index contributed by atoms with van der Waals surface area (Å²) in [6, 6.07) is 9.06. The second-order valence-corrected chi connectivity index (χ2v) is 14.4. The lowest BCUT2D eigenvalue weighted by Gasteiger charge is -2.29. The molecule has 4 nitrogen and oxygen atoms in total. The molecule has 2 fully saturated rings. The molecule has 3 rings (SSSR count). The Morgan fingerprint density at radius 3 is 1.28 bits per heavy atom. The Labute approximate surface area is 279 Å². The van der Waals surface area contributed by atoms with E-state index in [2.05, 4.69) is 38.1 Å². The molecule has 2 aliphatic rings. The summed E-state index contributed by atoms with van der Waals surface area (Å²) in [5, 5.41) is 0. The summed E-state index contributed by atoms with van der Waals surface area (Å²) in [4.78, 5) is 24.4. The van der Waals surface area contributed by atoms with Crippen LogP contribution in [0.5, 0.6) is 0 Å². The molecule has 0 N–H and O–H groups in total. The Morgan fingerprint density at radius 2 is 0.935 bits per heavy atom. The van der Waals surface area contributed by atoms with Crippen molar-refractivity contribution < 1.29 is 27.8 Å². The molecule has 0 bridgehead atoms. The summed E-state index contributed by atoms with van der Waals surface area (Å²) in [6.45, 7) is 4.31. The Balaban J connectivity index is 1.23. The Kier molecular flexibility index (Phi) is 18.9. The number of alkyl halides is 2.